The zero-order valence-corrected chi connectivity index (χ0v) is 8.45. The van der Waals surface area contributed by atoms with Gasteiger partial charge in [0.05, 0.1) is 5.56 Å². The molecule has 1 heterocycles. The Labute approximate surface area is 88.7 Å². The highest BCUT2D eigenvalue weighted by Crippen LogP contribution is 2.38. The van der Waals surface area contributed by atoms with Gasteiger partial charge in [-0.1, -0.05) is 24.8 Å². The average molecular weight is 228 g/mol. The molecule has 15 heavy (non-hydrogen) atoms. The Bertz CT molecular complexity index is 508. The second-order valence-corrected chi connectivity index (χ2v) is 4.02. The van der Waals surface area contributed by atoms with E-state index < -0.39 is 11.7 Å². The third-order valence-corrected chi connectivity index (χ3v) is 3.09. The van der Waals surface area contributed by atoms with E-state index >= 15 is 0 Å². The zero-order valence-electron chi connectivity index (χ0n) is 7.64. The van der Waals surface area contributed by atoms with Crippen molar-refractivity contribution in [1.29, 1.82) is 0 Å². The molecule has 0 spiro atoms. The number of benzene rings is 1. The molecule has 4 heteroatoms. The fourth-order valence-electron chi connectivity index (χ4n) is 1.39. The van der Waals surface area contributed by atoms with E-state index in [1.165, 1.54) is 6.07 Å². The van der Waals surface area contributed by atoms with Crippen molar-refractivity contribution in [3.63, 3.8) is 0 Å². The molecule has 0 N–H and O–H groups in total. The van der Waals surface area contributed by atoms with Gasteiger partial charge in [-0.2, -0.15) is 13.2 Å². The highest BCUT2D eigenvalue weighted by Gasteiger charge is 2.33. The van der Waals surface area contributed by atoms with Crippen molar-refractivity contribution in [2.75, 3.05) is 0 Å². The van der Waals surface area contributed by atoms with E-state index in [1.807, 2.05) is 0 Å². The topological polar surface area (TPSA) is 0 Å². The maximum absolute atomic E-state index is 12.5. The van der Waals surface area contributed by atoms with Crippen molar-refractivity contribution in [2.24, 2.45) is 0 Å². The third kappa shape index (κ3) is 1.77. The van der Waals surface area contributed by atoms with Gasteiger partial charge >= 0.3 is 6.18 Å². The van der Waals surface area contributed by atoms with Crippen LogP contribution in [0.2, 0.25) is 0 Å². The van der Waals surface area contributed by atoms with E-state index in [0.717, 1.165) is 22.3 Å². The molecular weight excluding hydrogens is 221 g/mol. The number of hydrogen-bond donors (Lipinski definition) is 0. The standard InChI is InChI=1S/C11H7F3S/c1-2-7-3-4-8-9(11(12,13)14)6-15-10(8)5-7/h2-6H,1H2. The third-order valence-electron chi connectivity index (χ3n) is 2.14. The first-order chi connectivity index (χ1) is 7.02. The number of hydrogen-bond acceptors (Lipinski definition) is 1. The summed E-state index contributed by atoms with van der Waals surface area (Å²) in [6.45, 7) is 3.58. The number of fused-ring (bicyclic) bond motifs is 1. The van der Waals surface area contributed by atoms with Gasteiger partial charge in [0.2, 0.25) is 0 Å². The Balaban J connectivity index is 2.67. The number of thiophene rings is 1. The van der Waals surface area contributed by atoms with Crippen molar-refractivity contribution >= 4 is 27.5 Å². The molecule has 0 radical (unpaired) electrons. The Morgan fingerprint density at radius 3 is 2.60 bits per heavy atom. The molecule has 0 saturated carbocycles. The van der Waals surface area contributed by atoms with Gasteiger partial charge in [-0.15, -0.1) is 11.3 Å². The van der Waals surface area contributed by atoms with E-state index in [0.29, 0.717) is 4.70 Å². The van der Waals surface area contributed by atoms with Crippen LogP contribution in [-0.4, -0.2) is 0 Å². The molecule has 1 aromatic heterocycles. The van der Waals surface area contributed by atoms with Crippen molar-refractivity contribution in [3.05, 3.63) is 41.3 Å². The van der Waals surface area contributed by atoms with Gasteiger partial charge in [0.15, 0.2) is 0 Å². The molecule has 0 saturated heterocycles. The van der Waals surface area contributed by atoms with Crippen molar-refractivity contribution < 1.29 is 13.2 Å². The summed E-state index contributed by atoms with van der Waals surface area (Å²) >= 11 is 1.10. The smallest absolute Gasteiger partial charge is 0.166 e. The second kappa shape index (κ2) is 3.38. The summed E-state index contributed by atoms with van der Waals surface area (Å²) in [6.07, 6.45) is -2.65. The number of alkyl halides is 3. The van der Waals surface area contributed by atoms with Gasteiger partial charge in [-0.05, 0) is 11.6 Å². The minimum Gasteiger partial charge on any atom is -0.166 e. The van der Waals surface area contributed by atoms with Crippen LogP contribution < -0.4 is 0 Å². The first kappa shape index (κ1) is 10.2. The lowest BCUT2D eigenvalue weighted by molar-refractivity contribution is -0.136. The van der Waals surface area contributed by atoms with E-state index in [2.05, 4.69) is 6.58 Å². The largest absolute Gasteiger partial charge is 0.417 e. The first-order valence-corrected chi connectivity index (χ1v) is 5.11. The minimum atomic E-state index is -4.27. The summed E-state index contributed by atoms with van der Waals surface area (Å²) < 4.78 is 38.2. The molecule has 0 nitrogen and oxygen atoms in total. The number of halogens is 3. The quantitative estimate of drug-likeness (QED) is 0.671. The predicted molar refractivity (Wildman–Crippen MR) is 56.9 cm³/mol. The van der Waals surface area contributed by atoms with Gasteiger partial charge in [0, 0.05) is 15.5 Å². The van der Waals surface area contributed by atoms with Crippen LogP contribution in [0.5, 0.6) is 0 Å². The second-order valence-electron chi connectivity index (χ2n) is 3.11. The van der Waals surface area contributed by atoms with Crippen LogP contribution in [0.3, 0.4) is 0 Å². The number of rotatable bonds is 1. The maximum Gasteiger partial charge on any atom is 0.417 e. The lowest BCUT2D eigenvalue weighted by Crippen LogP contribution is -2.02. The summed E-state index contributed by atoms with van der Waals surface area (Å²) in [5.74, 6) is 0. The van der Waals surface area contributed by atoms with Crippen molar-refractivity contribution in [2.45, 2.75) is 6.18 Å². The van der Waals surface area contributed by atoms with Crippen LogP contribution in [0.15, 0.2) is 30.2 Å². The van der Waals surface area contributed by atoms with E-state index in [1.54, 1.807) is 18.2 Å². The molecule has 0 aliphatic carbocycles. The zero-order chi connectivity index (χ0) is 11.1. The normalized spacial score (nSPS) is 11.9. The minimum absolute atomic E-state index is 0.262. The Morgan fingerprint density at radius 1 is 1.27 bits per heavy atom. The summed E-state index contributed by atoms with van der Waals surface area (Å²) in [4.78, 5) is 0. The summed E-state index contributed by atoms with van der Waals surface area (Å²) in [5, 5.41) is 1.41. The predicted octanol–water partition coefficient (Wildman–Crippen LogP) is 4.56. The fourth-order valence-corrected chi connectivity index (χ4v) is 2.41. The Morgan fingerprint density at radius 2 is 2.00 bits per heavy atom. The maximum atomic E-state index is 12.5. The molecule has 1 aromatic carbocycles. The SMILES string of the molecule is C=Cc1ccc2c(C(F)(F)F)csc2c1. The molecule has 0 aliphatic rings. The van der Waals surface area contributed by atoms with Gasteiger partial charge in [0.1, 0.15) is 0 Å². The Hall–Kier alpha value is -1.29. The van der Waals surface area contributed by atoms with Crippen molar-refractivity contribution in [3.8, 4) is 0 Å². The van der Waals surface area contributed by atoms with Gasteiger partial charge in [0.25, 0.3) is 0 Å². The lowest BCUT2D eigenvalue weighted by atomic mass is 10.1. The van der Waals surface area contributed by atoms with Crippen LogP contribution >= 0.6 is 11.3 Å². The Kier molecular flexibility index (Phi) is 2.31. The van der Waals surface area contributed by atoms with Crippen LogP contribution in [0.25, 0.3) is 16.2 Å². The van der Waals surface area contributed by atoms with Gasteiger partial charge < -0.3 is 0 Å². The highest BCUT2D eigenvalue weighted by atomic mass is 32.1. The van der Waals surface area contributed by atoms with Crippen LogP contribution in [0.1, 0.15) is 11.1 Å². The molecule has 0 atom stereocenters. The highest BCUT2D eigenvalue weighted by molar-refractivity contribution is 7.17. The lowest BCUT2D eigenvalue weighted by Gasteiger charge is -2.04. The van der Waals surface area contributed by atoms with E-state index in [4.69, 9.17) is 0 Å². The van der Waals surface area contributed by atoms with E-state index in [-0.39, 0.29) is 5.39 Å². The fraction of sp³-hybridized carbons (Fsp3) is 0.0909. The van der Waals surface area contributed by atoms with Crippen LogP contribution in [0.4, 0.5) is 13.2 Å². The molecule has 0 bridgehead atoms. The molecule has 78 valence electrons. The van der Waals surface area contributed by atoms with Gasteiger partial charge in [-0.25, -0.2) is 0 Å². The molecule has 0 fully saturated rings. The molecular formula is C11H7F3S. The molecule has 2 rings (SSSR count). The van der Waals surface area contributed by atoms with Crippen LogP contribution in [0, 0.1) is 0 Å². The molecule has 0 amide bonds. The summed E-state index contributed by atoms with van der Waals surface area (Å²) in [5.41, 5.74) is 0.274. The van der Waals surface area contributed by atoms with E-state index in [9.17, 15) is 13.2 Å². The monoisotopic (exact) mass is 228 g/mol. The molecule has 2 aromatic rings. The van der Waals surface area contributed by atoms with Gasteiger partial charge in [-0.3, -0.25) is 0 Å². The summed E-state index contributed by atoms with van der Waals surface area (Å²) in [7, 11) is 0. The molecule has 0 aliphatic heterocycles. The van der Waals surface area contributed by atoms with Crippen LogP contribution in [-0.2, 0) is 6.18 Å². The first-order valence-electron chi connectivity index (χ1n) is 4.23. The van der Waals surface area contributed by atoms with Crippen molar-refractivity contribution in [1.82, 2.24) is 0 Å². The molecule has 0 unspecified atom stereocenters. The average Bonchev–Trinajstić information content (AvgIpc) is 2.59. The summed E-state index contributed by atoms with van der Waals surface area (Å²) in [6, 6.07) is 4.84.